The highest BCUT2D eigenvalue weighted by Crippen LogP contribution is 2.38. The number of carbonyl (C=O) groups is 1. The largest absolute Gasteiger partial charge is 0.508 e. The second kappa shape index (κ2) is 9.64. The third kappa shape index (κ3) is 4.72. The van der Waals surface area contributed by atoms with E-state index >= 15 is 0 Å². The van der Waals surface area contributed by atoms with Crippen LogP contribution in [0.15, 0.2) is 42.6 Å². The van der Waals surface area contributed by atoms with Crippen molar-refractivity contribution < 1.29 is 19.7 Å². The van der Waals surface area contributed by atoms with Gasteiger partial charge in [-0.05, 0) is 35.2 Å². The average Bonchev–Trinajstić information content (AvgIpc) is 3.24. The molecular formula is C25H30N4O4. The monoisotopic (exact) mass is 450 g/mol. The van der Waals surface area contributed by atoms with Gasteiger partial charge in [0.25, 0.3) is 5.91 Å². The van der Waals surface area contributed by atoms with Gasteiger partial charge in [-0.2, -0.15) is 0 Å². The van der Waals surface area contributed by atoms with E-state index in [-0.39, 0.29) is 23.3 Å². The van der Waals surface area contributed by atoms with E-state index in [1.807, 2.05) is 38.1 Å². The van der Waals surface area contributed by atoms with Gasteiger partial charge in [-0.3, -0.25) is 14.3 Å². The Morgan fingerprint density at radius 1 is 1.12 bits per heavy atom. The number of nitrogens with zero attached hydrogens (tertiary/aromatic N) is 3. The predicted molar refractivity (Wildman–Crippen MR) is 126 cm³/mol. The summed E-state index contributed by atoms with van der Waals surface area (Å²) < 4.78 is 7.15. The van der Waals surface area contributed by atoms with Gasteiger partial charge in [-0.1, -0.05) is 26.0 Å². The molecule has 8 nitrogen and oxygen atoms in total. The molecule has 0 atom stereocenters. The van der Waals surface area contributed by atoms with E-state index in [0.717, 1.165) is 38.5 Å². The lowest BCUT2D eigenvalue weighted by atomic mass is 9.98. The normalized spacial score (nSPS) is 14.5. The van der Waals surface area contributed by atoms with Crippen molar-refractivity contribution in [3.05, 3.63) is 59.4 Å². The molecule has 1 saturated heterocycles. The highest BCUT2D eigenvalue weighted by atomic mass is 16.5. The number of phenolic OH excluding ortho intramolecular Hbond substituents is 2. The van der Waals surface area contributed by atoms with Crippen molar-refractivity contribution in [2.75, 3.05) is 33.4 Å². The van der Waals surface area contributed by atoms with Gasteiger partial charge >= 0.3 is 0 Å². The number of carbonyl (C=O) groups excluding carboxylic acids is 1. The number of hydrogen-bond donors (Lipinski definition) is 3. The van der Waals surface area contributed by atoms with Crippen LogP contribution in [0.5, 0.6) is 11.5 Å². The Balaban J connectivity index is 1.76. The summed E-state index contributed by atoms with van der Waals surface area (Å²) in [4.78, 5) is 19.4. The lowest BCUT2D eigenvalue weighted by molar-refractivity contribution is 0.0342. The van der Waals surface area contributed by atoms with Gasteiger partial charge in [0.05, 0.1) is 25.0 Å². The SMILES string of the molecule is CNC(=O)c1cnc(-c2cc(C(C)C)c(O)cc2O)n1-c1ccc(CN2CCOCC2)cc1. The number of benzene rings is 2. The van der Waals surface area contributed by atoms with Crippen LogP contribution in [0.25, 0.3) is 17.1 Å². The molecule has 0 radical (unpaired) electrons. The van der Waals surface area contributed by atoms with Crippen molar-refractivity contribution in [3.63, 3.8) is 0 Å². The highest BCUT2D eigenvalue weighted by molar-refractivity contribution is 5.94. The van der Waals surface area contributed by atoms with Gasteiger partial charge in [0.2, 0.25) is 0 Å². The summed E-state index contributed by atoms with van der Waals surface area (Å²) in [6, 6.07) is 11.0. The number of rotatable bonds is 6. The van der Waals surface area contributed by atoms with Crippen LogP contribution in [-0.4, -0.2) is 63.9 Å². The van der Waals surface area contributed by atoms with Gasteiger partial charge < -0.3 is 20.3 Å². The van der Waals surface area contributed by atoms with Crippen LogP contribution < -0.4 is 5.32 Å². The van der Waals surface area contributed by atoms with E-state index in [2.05, 4.69) is 15.2 Å². The molecule has 0 saturated carbocycles. The molecule has 0 spiro atoms. The number of morpholine rings is 1. The van der Waals surface area contributed by atoms with Crippen LogP contribution in [0.4, 0.5) is 0 Å². The summed E-state index contributed by atoms with van der Waals surface area (Å²) in [7, 11) is 1.57. The second-order valence-electron chi connectivity index (χ2n) is 8.52. The Bertz CT molecular complexity index is 1130. The summed E-state index contributed by atoms with van der Waals surface area (Å²) in [5, 5.41) is 23.5. The maximum atomic E-state index is 12.6. The topological polar surface area (TPSA) is 99.8 Å². The first kappa shape index (κ1) is 22.8. The van der Waals surface area contributed by atoms with Crippen molar-refractivity contribution in [2.24, 2.45) is 0 Å². The number of amides is 1. The zero-order chi connectivity index (χ0) is 23.5. The number of imidazole rings is 1. The third-order valence-corrected chi connectivity index (χ3v) is 5.93. The number of ether oxygens (including phenoxy) is 1. The van der Waals surface area contributed by atoms with Crippen LogP contribution in [0, 0.1) is 0 Å². The Kier molecular flexibility index (Phi) is 6.67. The number of aromatic hydroxyl groups is 2. The lowest BCUT2D eigenvalue weighted by Crippen LogP contribution is -2.35. The van der Waals surface area contributed by atoms with Gasteiger partial charge in [0.1, 0.15) is 23.0 Å². The molecule has 174 valence electrons. The Morgan fingerprint density at radius 2 is 1.82 bits per heavy atom. The number of phenols is 2. The predicted octanol–water partition coefficient (Wildman–Crippen LogP) is 3.27. The third-order valence-electron chi connectivity index (χ3n) is 5.93. The molecule has 1 aromatic heterocycles. The first-order chi connectivity index (χ1) is 15.9. The minimum Gasteiger partial charge on any atom is -0.508 e. The van der Waals surface area contributed by atoms with Crippen molar-refractivity contribution in [1.29, 1.82) is 0 Å². The summed E-state index contributed by atoms with van der Waals surface area (Å²) >= 11 is 0. The van der Waals surface area contributed by atoms with Crippen molar-refractivity contribution in [3.8, 4) is 28.6 Å². The Morgan fingerprint density at radius 3 is 2.45 bits per heavy atom. The lowest BCUT2D eigenvalue weighted by Gasteiger charge is -2.26. The molecule has 0 aliphatic carbocycles. The van der Waals surface area contributed by atoms with E-state index in [9.17, 15) is 15.0 Å². The number of hydrogen-bond acceptors (Lipinski definition) is 6. The molecule has 33 heavy (non-hydrogen) atoms. The molecular weight excluding hydrogens is 420 g/mol. The summed E-state index contributed by atoms with van der Waals surface area (Å²) in [5.74, 6) is 0.118. The molecule has 0 unspecified atom stereocenters. The van der Waals surface area contributed by atoms with Gasteiger partial charge in [0.15, 0.2) is 0 Å². The first-order valence-electron chi connectivity index (χ1n) is 11.1. The summed E-state index contributed by atoms with van der Waals surface area (Å²) in [6.45, 7) is 8.08. The molecule has 8 heteroatoms. The molecule has 1 aliphatic rings. The van der Waals surface area contributed by atoms with Gasteiger partial charge in [-0.25, -0.2) is 4.98 Å². The van der Waals surface area contributed by atoms with Crippen molar-refractivity contribution >= 4 is 5.91 Å². The standard InChI is InChI=1S/C25H30N4O4/c1-16(2)19-12-20(23(31)13-22(19)30)24-27-14-21(25(32)26-3)29(24)18-6-4-17(5-7-18)15-28-8-10-33-11-9-28/h4-7,12-14,16,30-31H,8-11,15H2,1-3H3,(H,26,32). The Labute approximate surface area is 193 Å². The highest BCUT2D eigenvalue weighted by Gasteiger charge is 2.22. The van der Waals surface area contributed by atoms with E-state index in [4.69, 9.17) is 4.74 Å². The molecule has 1 aliphatic heterocycles. The van der Waals surface area contributed by atoms with Crippen LogP contribution in [0.1, 0.15) is 41.4 Å². The molecule has 3 N–H and O–H groups in total. The molecule has 0 bridgehead atoms. The average molecular weight is 451 g/mol. The zero-order valence-corrected chi connectivity index (χ0v) is 19.2. The maximum Gasteiger partial charge on any atom is 0.269 e. The second-order valence-corrected chi connectivity index (χ2v) is 8.52. The van der Waals surface area contributed by atoms with Crippen molar-refractivity contribution in [1.82, 2.24) is 19.8 Å². The van der Waals surface area contributed by atoms with E-state index in [1.54, 1.807) is 17.7 Å². The minimum absolute atomic E-state index is 0.0309. The molecule has 4 rings (SSSR count). The number of aromatic nitrogens is 2. The van der Waals surface area contributed by atoms with Crippen LogP contribution in [0.3, 0.4) is 0 Å². The molecule has 3 aromatic rings. The zero-order valence-electron chi connectivity index (χ0n) is 19.2. The van der Waals surface area contributed by atoms with E-state index in [0.29, 0.717) is 22.6 Å². The van der Waals surface area contributed by atoms with Gasteiger partial charge in [-0.15, -0.1) is 0 Å². The maximum absolute atomic E-state index is 12.6. The first-order valence-corrected chi connectivity index (χ1v) is 11.1. The Hall–Kier alpha value is -3.36. The minimum atomic E-state index is -0.284. The molecule has 1 amide bonds. The fraction of sp³-hybridized carbons (Fsp3) is 0.360. The van der Waals surface area contributed by atoms with E-state index < -0.39 is 0 Å². The van der Waals surface area contributed by atoms with Crippen LogP contribution >= 0.6 is 0 Å². The summed E-state index contributed by atoms with van der Waals surface area (Å²) in [5.41, 5.74) is 3.42. The van der Waals surface area contributed by atoms with Crippen molar-refractivity contribution in [2.45, 2.75) is 26.3 Å². The summed E-state index contributed by atoms with van der Waals surface area (Å²) in [6.07, 6.45) is 1.50. The smallest absolute Gasteiger partial charge is 0.269 e. The number of nitrogens with one attached hydrogen (secondary N) is 1. The fourth-order valence-corrected chi connectivity index (χ4v) is 4.09. The van der Waals surface area contributed by atoms with Gasteiger partial charge in [0, 0.05) is 38.4 Å². The molecule has 1 fully saturated rings. The fourth-order valence-electron chi connectivity index (χ4n) is 4.09. The van der Waals surface area contributed by atoms with Crippen LogP contribution in [-0.2, 0) is 11.3 Å². The quantitative estimate of drug-likeness (QED) is 0.533. The molecule has 2 heterocycles. The van der Waals surface area contributed by atoms with Crippen LogP contribution in [0.2, 0.25) is 0 Å². The molecule has 2 aromatic carbocycles. The van der Waals surface area contributed by atoms with E-state index in [1.165, 1.54) is 17.8 Å².